The predicted octanol–water partition coefficient (Wildman–Crippen LogP) is 1.70. The maximum atomic E-state index is 5.03. The summed E-state index contributed by atoms with van der Waals surface area (Å²) in [5.74, 6) is 0.808. The quantitative estimate of drug-likeness (QED) is 0.347. The van der Waals surface area contributed by atoms with Crippen LogP contribution in [0.1, 0.15) is 12.0 Å². The lowest BCUT2D eigenvalue weighted by Gasteiger charge is -2.12. The van der Waals surface area contributed by atoms with E-state index in [1.54, 1.807) is 20.4 Å². The van der Waals surface area contributed by atoms with E-state index < -0.39 is 0 Å². The number of hydrogen-bond acceptors (Lipinski definition) is 4. The Morgan fingerprint density at radius 1 is 1.20 bits per heavy atom. The molecule has 0 bridgehead atoms. The molecule has 0 aliphatic heterocycles. The van der Waals surface area contributed by atoms with Crippen molar-refractivity contribution in [3.63, 3.8) is 0 Å². The molecule has 1 heterocycles. The van der Waals surface area contributed by atoms with Crippen molar-refractivity contribution in [3.8, 4) is 0 Å². The molecular formula is C18H28N6O. The molecule has 0 aliphatic rings. The average Bonchev–Trinajstić information content (AvgIpc) is 3.16. The number of guanidine groups is 1. The minimum Gasteiger partial charge on any atom is -0.383 e. The van der Waals surface area contributed by atoms with Crippen molar-refractivity contribution in [1.29, 1.82) is 0 Å². The van der Waals surface area contributed by atoms with E-state index in [9.17, 15) is 0 Å². The molecule has 25 heavy (non-hydrogen) atoms. The highest BCUT2D eigenvalue weighted by Gasteiger charge is 1.99. The van der Waals surface area contributed by atoms with Gasteiger partial charge in [0.2, 0.25) is 0 Å². The van der Waals surface area contributed by atoms with Crippen molar-refractivity contribution in [2.24, 2.45) is 4.99 Å². The fourth-order valence-electron chi connectivity index (χ4n) is 2.32. The van der Waals surface area contributed by atoms with E-state index in [0.717, 1.165) is 44.2 Å². The molecule has 0 saturated heterocycles. The average molecular weight is 344 g/mol. The number of aliphatic imine (C=N–C) groups is 1. The van der Waals surface area contributed by atoms with Crippen LogP contribution in [0.4, 0.5) is 5.69 Å². The third kappa shape index (κ3) is 7.26. The van der Waals surface area contributed by atoms with E-state index in [-0.39, 0.29) is 0 Å². The maximum absolute atomic E-state index is 5.03. The normalized spacial score (nSPS) is 11.4. The third-order valence-electron chi connectivity index (χ3n) is 3.69. The first-order chi connectivity index (χ1) is 12.3. The molecule has 3 N–H and O–H groups in total. The summed E-state index contributed by atoms with van der Waals surface area (Å²) in [6.07, 6.45) is 4.76. The SMILES string of the molecule is CN=C(NCCCn1cccn1)NCc1ccc(NCCOC)cc1. The van der Waals surface area contributed by atoms with Gasteiger partial charge in [0.15, 0.2) is 5.96 Å². The van der Waals surface area contributed by atoms with Crippen LogP contribution in [-0.4, -0.2) is 49.6 Å². The first-order valence-electron chi connectivity index (χ1n) is 8.55. The lowest BCUT2D eigenvalue weighted by molar-refractivity contribution is 0.211. The van der Waals surface area contributed by atoms with E-state index in [2.05, 4.69) is 50.3 Å². The fraction of sp³-hybridized carbons (Fsp3) is 0.444. The van der Waals surface area contributed by atoms with Crippen molar-refractivity contribution < 1.29 is 4.74 Å². The number of methoxy groups -OCH3 is 1. The molecule has 0 aliphatic carbocycles. The van der Waals surface area contributed by atoms with Gasteiger partial charge in [0.05, 0.1) is 6.61 Å². The van der Waals surface area contributed by atoms with E-state index in [0.29, 0.717) is 6.61 Å². The van der Waals surface area contributed by atoms with E-state index in [1.807, 2.05) is 16.9 Å². The van der Waals surface area contributed by atoms with Gasteiger partial charge in [0.25, 0.3) is 0 Å². The topological polar surface area (TPSA) is 75.5 Å². The molecule has 1 aromatic carbocycles. The lowest BCUT2D eigenvalue weighted by atomic mass is 10.2. The number of nitrogens with one attached hydrogen (secondary N) is 3. The molecule has 2 aromatic rings. The summed E-state index contributed by atoms with van der Waals surface area (Å²) in [6.45, 7) is 3.99. The minimum atomic E-state index is 0.700. The number of aromatic nitrogens is 2. The van der Waals surface area contributed by atoms with Crippen LogP contribution >= 0.6 is 0 Å². The van der Waals surface area contributed by atoms with Crippen molar-refractivity contribution >= 4 is 11.6 Å². The Kier molecular flexibility index (Phi) is 8.34. The molecule has 0 amide bonds. The molecular weight excluding hydrogens is 316 g/mol. The highest BCUT2D eigenvalue weighted by atomic mass is 16.5. The molecule has 0 radical (unpaired) electrons. The van der Waals surface area contributed by atoms with E-state index in [1.165, 1.54) is 5.56 Å². The smallest absolute Gasteiger partial charge is 0.191 e. The fourth-order valence-corrected chi connectivity index (χ4v) is 2.32. The molecule has 7 nitrogen and oxygen atoms in total. The zero-order valence-corrected chi connectivity index (χ0v) is 15.0. The molecule has 0 unspecified atom stereocenters. The summed E-state index contributed by atoms with van der Waals surface area (Å²) in [6, 6.07) is 10.3. The third-order valence-corrected chi connectivity index (χ3v) is 3.69. The van der Waals surface area contributed by atoms with Crippen LogP contribution in [0, 0.1) is 0 Å². The minimum absolute atomic E-state index is 0.700. The zero-order chi connectivity index (χ0) is 17.7. The van der Waals surface area contributed by atoms with Crippen LogP contribution in [0.3, 0.4) is 0 Å². The molecule has 136 valence electrons. The van der Waals surface area contributed by atoms with E-state index >= 15 is 0 Å². The van der Waals surface area contributed by atoms with Gasteiger partial charge in [-0.15, -0.1) is 0 Å². The number of aryl methyl sites for hydroxylation is 1. The summed E-state index contributed by atoms with van der Waals surface area (Å²) >= 11 is 0. The summed E-state index contributed by atoms with van der Waals surface area (Å²) in [5.41, 5.74) is 2.30. The number of nitrogens with zero attached hydrogens (tertiary/aromatic N) is 3. The van der Waals surface area contributed by atoms with Gasteiger partial charge in [-0.25, -0.2) is 0 Å². The number of ether oxygens (including phenoxy) is 1. The molecule has 0 fully saturated rings. The largest absolute Gasteiger partial charge is 0.383 e. The van der Waals surface area contributed by atoms with Crippen LogP contribution < -0.4 is 16.0 Å². The highest BCUT2D eigenvalue weighted by molar-refractivity contribution is 5.79. The molecule has 2 rings (SSSR count). The molecule has 0 atom stereocenters. The Hall–Kier alpha value is -2.54. The van der Waals surface area contributed by atoms with Gasteiger partial charge in [-0.1, -0.05) is 12.1 Å². The van der Waals surface area contributed by atoms with E-state index in [4.69, 9.17) is 4.74 Å². The molecule has 7 heteroatoms. The van der Waals surface area contributed by atoms with Crippen LogP contribution in [0.2, 0.25) is 0 Å². The van der Waals surface area contributed by atoms with Gasteiger partial charge >= 0.3 is 0 Å². The maximum Gasteiger partial charge on any atom is 0.191 e. The second-order valence-corrected chi connectivity index (χ2v) is 5.59. The van der Waals surface area contributed by atoms with Gasteiger partial charge < -0.3 is 20.7 Å². The van der Waals surface area contributed by atoms with Crippen LogP contribution in [-0.2, 0) is 17.8 Å². The van der Waals surface area contributed by atoms with Crippen molar-refractivity contribution in [2.45, 2.75) is 19.5 Å². The summed E-state index contributed by atoms with van der Waals surface area (Å²) in [4.78, 5) is 4.25. The Labute approximate surface area is 149 Å². The van der Waals surface area contributed by atoms with Gasteiger partial charge in [0.1, 0.15) is 0 Å². The van der Waals surface area contributed by atoms with Crippen LogP contribution in [0.15, 0.2) is 47.7 Å². The summed E-state index contributed by atoms with van der Waals surface area (Å²) in [7, 11) is 3.49. The summed E-state index contributed by atoms with van der Waals surface area (Å²) < 4.78 is 6.96. The van der Waals surface area contributed by atoms with Crippen LogP contribution in [0.25, 0.3) is 0 Å². The van der Waals surface area contributed by atoms with Crippen molar-refractivity contribution in [3.05, 3.63) is 48.3 Å². The molecule has 0 spiro atoms. The number of hydrogen-bond donors (Lipinski definition) is 3. The van der Waals surface area contributed by atoms with Gasteiger partial charge in [0, 0.05) is 58.4 Å². The van der Waals surface area contributed by atoms with Gasteiger partial charge in [-0.3, -0.25) is 9.67 Å². The lowest BCUT2D eigenvalue weighted by Crippen LogP contribution is -2.37. The standard InChI is InChI=1S/C18H28N6O/c1-19-18(21-9-3-12-24-13-4-10-23-24)22-15-16-5-7-17(8-6-16)20-11-14-25-2/h4-8,10,13,20H,3,9,11-12,14-15H2,1-2H3,(H2,19,21,22). The van der Waals surface area contributed by atoms with Gasteiger partial charge in [-0.2, -0.15) is 5.10 Å². The Bertz CT molecular complexity index is 609. The second kappa shape index (κ2) is 11.1. The highest BCUT2D eigenvalue weighted by Crippen LogP contribution is 2.08. The molecule has 1 aromatic heterocycles. The monoisotopic (exact) mass is 344 g/mol. The number of anilines is 1. The number of benzene rings is 1. The van der Waals surface area contributed by atoms with Crippen LogP contribution in [0.5, 0.6) is 0 Å². The Morgan fingerprint density at radius 2 is 2.04 bits per heavy atom. The number of rotatable bonds is 10. The second-order valence-electron chi connectivity index (χ2n) is 5.59. The predicted molar refractivity (Wildman–Crippen MR) is 102 cm³/mol. The van der Waals surface area contributed by atoms with Gasteiger partial charge in [-0.05, 0) is 30.2 Å². The zero-order valence-electron chi connectivity index (χ0n) is 15.0. The molecule has 0 saturated carbocycles. The Morgan fingerprint density at radius 3 is 2.72 bits per heavy atom. The van der Waals surface area contributed by atoms with Crippen molar-refractivity contribution in [1.82, 2.24) is 20.4 Å². The Balaban J connectivity index is 1.65. The van der Waals surface area contributed by atoms with Crippen molar-refractivity contribution in [2.75, 3.05) is 39.2 Å². The first kappa shape index (κ1) is 18.8. The summed E-state index contributed by atoms with van der Waals surface area (Å²) in [5, 5.41) is 14.1. The first-order valence-corrected chi connectivity index (χ1v) is 8.55.